The van der Waals surface area contributed by atoms with Crippen LogP contribution in [0.25, 0.3) is 0 Å². The van der Waals surface area contributed by atoms with Gasteiger partial charge >= 0.3 is 5.69 Å². The van der Waals surface area contributed by atoms with Gasteiger partial charge in [0, 0.05) is 12.2 Å². The Hall–Kier alpha value is -2.16. The van der Waals surface area contributed by atoms with Gasteiger partial charge in [-0.05, 0) is 24.3 Å². The summed E-state index contributed by atoms with van der Waals surface area (Å²) in [7, 11) is 0. The molecule has 0 spiro atoms. The van der Waals surface area contributed by atoms with Gasteiger partial charge in [-0.25, -0.2) is 4.98 Å². The Morgan fingerprint density at radius 2 is 2.37 bits per heavy atom. The number of nitriles is 1. The Morgan fingerprint density at radius 1 is 1.63 bits per heavy atom. The average molecular weight is 260 g/mol. The minimum atomic E-state index is -0.546. The number of nitro groups is 1. The van der Waals surface area contributed by atoms with E-state index in [1.165, 1.54) is 12.3 Å². The molecule has 1 aromatic rings. The molecule has 0 amide bonds. The van der Waals surface area contributed by atoms with Crippen LogP contribution >= 0.6 is 0 Å². The molecule has 1 saturated carbocycles. The fraction of sp³-hybridized carbons (Fsp3) is 0.538. The molecule has 0 bridgehead atoms. The maximum absolute atomic E-state index is 11.1. The van der Waals surface area contributed by atoms with Crippen molar-refractivity contribution in [2.24, 2.45) is 5.41 Å². The standard InChI is InChI=1S/C13H16N4O2/c1-13(2)6-3-4-10(13)16-12-11(17(18)19)9(8-14)5-7-15-12/h5,7,10H,3-4,6H2,1-2H3,(H,15,16). The summed E-state index contributed by atoms with van der Waals surface area (Å²) < 4.78 is 0. The summed E-state index contributed by atoms with van der Waals surface area (Å²) in [5.74, 6) is 0.198. The number of rotatable bonds is 3. The second-order valence-corrected chi connectivity index (χ2v) is 5.50. The van der Waals surface area contributed by atoms with Crippen molar-refractivity contribution >= 4 is 11.5 Å². The first kappa shape index (κ1) is 13.3. The van der Waals surface area contributed by atoms with Crippen LogP contribution in [0.15, 0.2) is 12.3 Å². The van der Waals surface area contributed by atoms with E-state index in [2.05, 4.69) is 24.1 Å². The summed E-state index contributed by atoms with van der Waals surface area (Å²) in [4.78, 5) is 14.6. The molecule has 1 unspecified atom stereocenters. The molecule has 2 rings (SSSR count). The van der Waals surface area contributed by atoms with Gasteiger partial charge in [-0.1, -0.05) is 20.3 Å². The van der Waals surface area contributed by atoms with Crippen molar-refractivity contribution in [1.29, 1.82) is 5.26 Å². The topological polar surface area (TPSA) is 91.8 Å². The van der Waals surface area contributed by atoms with Crippen LogP contribution in [0.1, 0.15) is 38.7 Å². The monoisotopic (exact) mass is 260 g/mol. The largest absolute Gasteiger partial charge is 0.361 e. The fourth-order valence-corrected chi connectivity index (χ4v) is 2.59. The SMILES string of the molecule is CC1(C)CCCC1Nc1nccc(C#N)c1[N+](=O)[O-]. The number of hydrogen-bond acceptors (Lipinski definition) is 5. The Morgan fingerprint density at radius 3 is 2.89 bits per heavy atom. The summed E-state index contributed by atoms with van der Waals surface area (Å²) in [6, 6.07) is 3.35. The van der Waals surface area contributed by atoms with Crippen LogP contribution in [0.3, 0.4) is 0 Å². The van der Waals surface area contributed by atoms with Crippen LogP contribution in [-0.2, 0) is 0 Å². The van der Waals surface area contributed by atoms with E-state index in [0.717, 1.165) is 19.3 Å². The third-order valence-corrected chi connectivity index (χ3v) is 3.80. The molecule has 0 saturated heterocycles. The quantitative estimate of drug-likeness (QED) is 0.666. The van der Waals surface area contributed by atoms with E-state index in [4.69, 9.17) is 5.26 Å². The number of nitrogens with one attached hydrogen (secondary N) is 1. The van der Waals surface area contributed by atoms with Gasteiger partial charge in [0.05, 0.1) is 4.92 Å². The van der Waals surface area contributed by atoms with Crippen LogP contribution in [-0.4, -0.2) is 15.9 Å². The lowest BCUT2D eigenvalue weighted by Crippen LogP contribution is -2.31. The maximum atomic E-state index is 11.1. The van der Waals surface area contributed by atoms with E-state index in [0.29, 0.717) is 0 Å². The van der Waals surface area contributed by atoms with E-state index in [9.17, 15) is 10.1 Å². The second-order valence-electron chi connectivity index (χ2n) is 5.50. The summed E-state index contributed by atoms with van der Waals surface area (Å²) >= 11 is 0. The van der Waals surface area contributed by atoms with Crippen LogP contribution in [0.2, 0.25) is 0 Å². The zero-order valence-electron chi connectivity index (χ0n) is 11.0. The molecule has 100 valence electrons. The second kappa shape index (κ2) is 4.84. The minimum Gasteiger partial charge on any atom is -0.361 e. The first-order chi connectivity index (χ1) is 8.95. The molecule has 1 aromatic heterocycles. The molecule has 1 aliphatic carbocycles. The molecule has 1 atom stereocenters. The van der Waals surface area contributed by atoms with Crippen molar-refractivity contribution < 1.29 is 4.92 Å². The third kappa shape index (κ3) is 2.50. The van der Waals surface area contributed by atoms with Crippen molar-refractivity contribution in [3.63, 3.8) is 0 Å². The molecular formula is C13H16N4O2. The molecule has 19 heavy (non-hydrogen) atoms. The maximum Gasteiger partial charge on any atom is 0.328 e. The number of anilines is 1. The third-order valence-electron chi connectivity index (χ3n) is 3.80. The Labute approximate surface area is 111 Å². The molecule has 6 nitrogen and oxygen atoms in total. The van der Waals surface area contributed by atoms with Crippen molar-refractivity contribution in [1.82, 2.24) is 4.98 Å². The molecule has 0 radical (unpaired) electrons. The summed E-state index contributed by atoms with van der Waals surface area (Å²) in [5.41, 5.74) is -0.107. The van der Waals surface area contributed by atoms with Gasteiger partial charge in [0.15, 0.2) is 0 Å². The summed E-state index contributed by atoms with van der Waals surface area (Å²) in [6.45, 7) is 4.27. The fourth-order valence-electron chi connectivity index (χ4n) is 2.59. The lowest BCUT2D eigenvalue weighted by Gasteiger charge is -2.28. The number of nitrogens with zero attached hydrogens (tertiary/aromatic N) is 3. The van der Waals surface area contributed by atoms with Gasteiger partial charge in [-0.2, -0.15) is 5.26 Å². The van der Waals surface area contributed by atoms with Crippen molar-refractivity contribution in [3.8, 4) is 6.07 Å². The number of pyridine rings is 1. The molecule has 1 N–H and O–H groups in total. The van der Waals surface area contributed by atoms with Gasteiger partial charge in [0.2, 0.25) is 5.82 Å². The molecule has 0 aliphatic heterocycles. The minimum absolute atomic E-state index is 0.0401. The van der Waals surface area contributed by atoms with E-state index in [1.54, 1.807) is 0 Å². The van der Waals surface area contributed by atoms with E-state index in [1.807, 2.05) is 6.07 Å². The van der Waals surface area contributed by atoms with E-state index < -0.39 is 4.92 Å². The number of aromatic nitrogens is 1. The van der Waals surface area contributed by atoms with E-state index in [-0.39, 0.29) is 28.5 Å². The molecule has 1 aliphatic rings. The van der Waals surface area contributed by atoms with Crippen molar-refractivity contribution in [2.45, 2.75) is 39.2 Å². The van der Waals surface area contributed by atoms with Gasteiger partial charge in [-0.3, -0.25) is 10.1 Å². The highest BCUT2D eigenvalue weighted by atomic mass is 16.6. The van der Waals surface area contributed by atoms with Crippen LogP contribution in [0.4, 0.5) is 11.5 Å². The first-order valence-electron chi connectivity index (χ1n) is 6.26. The zero-order chi connectivity index (χ0) is 14.0. The predicted molar refractivity (Wildman–Crippen MR) is 70.6 cm³/mol. The Balaban J connectivity index is 2.36. The molecule has 1 heterocycles. The van der Waals surface area contributed by atoms with Gasteiger partial charge in [0.1, 0.15) is 11.6 Å². The highest BCUT2D eigenvalue weighted by molar-refractivity contribution is 5.64. The summed E-state index contributed by atoms with van der Waals surface area (Å²) in [6.07, 6.45) is 4.56. The zero-order valence-corrected chi connectivity index (χ0v) is 11.0. The first-order valence-corrected chi connectivity index (χ1v) is 6.26. The van der Waals surface area contributed by atoms with Gasteiger partial charge in [0.25, 0.3) is 0 Å². The average Bonchev–Trinajstić information content (AvgIpc) is 2.68. The lowest BCUT2D eigenvalue weighted by molar-refractivity contribution is -0.384. The lowest BCUT2D eigenvalue weighted by atomic mass is 9.87. The number of hydrogen-bond donors (Lipinski definition) is 1. The molecule has 6 heteroatoms. The summed E-state index contributed by atoms with van der Waals surface area (Å²) in [5, 5.41) is 23.2. The van der Waals surface area contributed by atoms with Crippen LogP contribution in [0.5, 0.6) is 0 Å². The molecule has 0 aromatic carbocycles. The van der Waals surface area contributed by atoms with Crippen LogP contribution in [0, 0.1) is 26.9 Å². The van der Waals surface area contributed by atoms with Gasteiger partial charge in [-0.15, -0.1) is 0 Å². The highest BCUT2D eigenvalue weighted by Gasteiger charge is 2.36. The normalized spacial score (nSPS) is 20.8. The van der Waals surface area contributed by atoms with Crippen LogP contribution < -0.4 is 5.32 Å². The predicted octanol–water partition coefficient (Wildman–Crippen LogP) is 2.85. The Bertz CT molecular complexity index is 548. The van der Waals surface area contributed by atoms with Gasteiger partial charge < -0.3 is 5.32 Å². The Kier molecular flexibility index (Phi) is 3.38. The van der Waals surface area contributed by atoms with Crippen molar-refractivity contribution in [3.05, 3.63) is 27.9 Å². The smallest absolute Gasteiger partial charge is 0.328 e. The highest BCUT2D eigenvalue weighted by Crippen LogP contribution is 2.40. The molecular weight excluding hydrogens is 244 g/mol. The van der Waals surface area contributed by atoms with Crippen molar-refractivity contribution in [2.75, 3.05) is 5.32 Å². The van der Waals surface area contributed by atoms with E-state index >= 15 is 0 Å². The molecule has 1 fully saturated rings.